The van der Waals surface area contributed by atoms with Crippen LogP contribution in [0.5, 0.6) is 0 Å². The normalized spacial score (nSPS) is 26.1. The molecule has 1 amide bonds. The average Bonchev–Trinajstić information content (AvgIpc) is 3.26. The molecule has 29 heavy (non-hydrogen) atoms. The van der Waals surface area contributed by atoms with Gasteiger partial charge in [-0.25, -0.2) is 17.9 Å². The molecule has 0 aromatic heterocycles. The van der Waals surface area contributed by atoms with Gasteiger partial charge in [0.05, 0.1) is 24.2 Å². The van der Waals surface area contributed by atoms with Crippen molar-refractivity contribution in [3.8, 4) is 0 Å². The molecule has 0 aliphatic carbocycles. The van der Waals surface area contributed by atoms with Crippen LogP contribution in [0.1, 0.15) is 5.56 Å². The van der Waals surface area contributed by atoms with Crippen molar-refractivity contribution < 1.29 is 27.4 Å². The molecule has 4 atom stereocenters. The molecule has 0 spiro atoms. The highest BCUT2D eigenvalue weighted by atomic mass is 32.2. The Hall–Kier alpha value is -2.46. The van der Waals surface area contributed by atoms with Crippen LogP contribution in [0, 0.1) is 6.92 Å². The van der Waals surface area contributed by atoms with Crippen LogP contribution in [0.3, 0.4) is 0 Å². The Kier molecular flexibility index (Phi) is 5.55. The van der Waals surface area contributed by atoms with Crippen LogP contribution >= 0.6 is 0 Å². The smallest absolute Gasteiger partial charge is 0.412 e. The Balaban J connectivity index is 1.36. The minimum atomic E-state index is -3.71. The zero-order valence-electron chi connectivity index (χ0n) is 15.8. The number of benzene rings is 2. The number of hydrogen-bond acceptors (Lipinski definition) is 6. The monoisotopic (exact) mass is 418 g/mol. The number of rotatable bonds is 5. The van der Waals surface area contributed by atoms with E-state index >= 15 is 0 Å². The quantitative estimate of drug-likeness (QED) is 0.771. The molecule has 2 aliphatic rings. The summed E-state index contributed by atoms with van der Waals surface area (Å²) in [5, 5.41) is 2.64. The third-order valence-electron chi connectivity index (χ3n) is 4.92. The number of nitrogens with one attached hydrogen (secondary N) is 2. The molecule has 2 aliphatic heterocycles. The van der Waals surface area contributed by atoms with Gasteiger partial charge in [0, 0.05) is 5.69 Å². The van der Waals surface area contributed by atoms with Crippen LogP contribution < -0.4 is 10.0 Å². The van der Waals surface area contributed by atoms with Gasteiger partial charge < -0.3 is 14.2 Å². The summed E-state index contributed by atoms with van der Waals surface area (Å²) in [4.78, 5) is 12.3. The average molecular weight is 418 g/mol. The lowest BCUT2D eigenvalue weighted by Gasteiger charge is -2.18. The predicted octanol–water partition coefficient (Wildman–Crippen LogP) is 2.06. The van der Waals surface area contributed by atoms with Gasteiger partial charge in [0.1, 0.15) is 12.2 Å². The van der Waals surface area contributed by atoms with E-state index in [1.54, 1.807) is 48.5 Å². The lowest BCUT2D eigenvalue weighted by atomic mass is 10.1. The van der Waals surface area contributed by atoms with Gasteiger partial charge in [-0.2, -0.15) is 0 Å². The van der Waals surface area contributed by atoms with E-state index in [1.807, 2.05) is 13.0 Å². The number of sulfonamides is 1. The summed E-state index contributed by atoms with van der Waals surface area (Å²) < 4.78 is 44.7. The van der Waals surface area contributed by atoms with E-state index in [9.17, 15) is 13.2 Å². The lowest BCUT2D eigenvalue weighted by molar-refractivity contribution is 0.00883. The number of ether oxygens (including phenoxy) is 3. The number of aryl methyl sites for hydroxylation is 1. The minimum absolute atomic E-state index is 0.139. The number of anilines is 1. The highest BCUT2D eigenvalue weighted by molar-refractivity contribution is 7.89. The molecule has 154 valence electrons. The van der Waals surface area contributed by atoms with Crippen molar-refractivity contribution in [3.63, 3.8) is 0 Å². The number of carbonyl (C=O) groups excluding carboxylic acids is 1. The molecule has 2 saturated heterocycles. The van der Waals surface area contributed by atoms with Crippen molar-refractivity contribution in [2.45, 2.75) is 36.2 Å². The zero-order valence-corrected chi connectivity index (χ0v) is 16.6. The van der Waals surface area contributed by atoms with Gasteiger partial charge in [-0.1, -0.05) is 35.9 Å². The summed E-state index contributed by atoms with van der Waals surface area (Å²) in [6.07, 6.45) is -2.28. The molecule has 4 unspecified atom stereocenters. The molecular weight excluding hydrogens is 396 g/mol. The molecule has 8 nitrogen and oxygen atoms in total. The van der Waals surface area contributed by atoms with Crippen molar-refractivity contribution in [3.05, 3.63) is 60.2 Å². The van der Waals surface area contributed by atoms with Crippen LogP contribution in [0.2, 0.25) is 0 Å². The van der Waals surface area contributed by atoms with Crippen LogP contribution in [0.25, 0.3) is 0 Å². The third kappa shape index (κ3) is 4.43. The number of carbonyl (C=O) groups is 1. The summed E-state index contributed by atoms with van der Waals surface area (Å²) in [6, 6.07) is 15.0. The van der Waals surface area contributed by atoms with Gasteiger partial charge in [0.15, 0.2) is 6.10 Å². The first-order chi connectivity index (χ1) is 13.9. The Morgan fingerprint density at radius 2 is 1.69 bits per heavy atom. The van der Waals surface area contributed by atoms with Crippen LogP contribution in [0.4, 0.5) is 10.5 Å². The molecule has 2 aromatic carbocycles. The number of fused-ring (bicyclic) bond motifs is 1. The number of para-hydroxylation sites is 1. The van der Waals surface area contributed by atoms with Crippen LogP contribution in [-0.4, -0.2) is 52.1 Å². The van der Waals surface area contributed by atoms with E-state index in [0.29, 0.717) is 5.69 Å². The fourth-order valence-electron chi connectivity index (χ4n) is 3.46. The van der Waals surface area contributed by atoms with Crippen LogP contribution in [-0.2, 0) is 24.2 Å². The number of amides is 1. The van der Waals surface area contributed by atoms with Crippen LogP contribution in [0.15, 0.2) is 59.5 Å². The van der Waals surface area contributed by atoms with E-state index in [-0.39, 0.29) is 18.1 Å². The minimum Gasteiger partial charge on any atom is -0.441 e. The third-order valence-corrected chi connectivity index (χ3v) is 6.43. The molecule has 9 heteroatoms. The fourth-order valence-corrected chi connectivity index (χ4v) is 4.69. The predicted molar refractivity (Wildman–Crippen MR) is 105 cm³/mol. The summed E-state index contributed by atoms with van der Waals surface area (Å²) in [7, 11) is -3.71. The van der Waals surface area contributed by atoms with E-state index < -0.39 is 40.5 Å². The molecule has 2 fully saturated rings. The summed E-state index contributed by atoms with van der Waals surface area (Å²) in [6.45, 7) is 2.17. The highest BCUT2D eigenvalue weighted by Gasteiger charge is 2.50. The van der Waals surface area contributed by atoms with Crippen molar-refractivity contribution in [2.75, 3.05) is 18.5 Å². The summed E-state index contributed by atoms with van der Waals surface area (Å²) in [5.41, 5.74) is 1.59. The Labute approximate surface area is 169 Å². The highest BCUT2D eigenvalue weighted by Crippen LogP contribution is 2.30. The lowest BCUT2D eigenvalue weighted by Crippen LogP contribution is -2.44. The second-order valence-electron chi connectivity index (χ2n) is 7.07. The molecule has 2 N–H and O–H groups in total. The topological polar surface area (TPSA) is 103 Å². The Morgan fingerprint density at radius 1 is 1.00 bits per heavy atom. The van der Waals surface area contributed by atoms with Gasteiger partial charge in [0.25, 0.3) is 0 Å². The maximum Gasteiger partial charge on any atom is 0.412 e. The van der Waals surface area contributed by atoms with E-state index in [0.717, 1.165) is 5.56 Å². The van der Waals surface area contributed by atoms with Crippen molar-refractivity contribution in [2.24, 2.45) is 0 Å². The second kappa shape index (κ2) is 8.11. The zero-order chi connectivity index (χ0) is 20.4. The molecule has 2 aromatic rings. The number of hydrogen-bond donors (Lipinski definition) is 2. The molecule has 2 heterocycles. The van der Waals surface area contributed by atoms with Crippen molar-refractivity contribution in [1.29, 1.82) is 0 Å². The molecule has 0 saturated carbocycles. The SMILES string of the molecule is Cc1ccc(S(=O)(=O)NC2COC3C(OC(=O)Nc4ccccc4)COC23)cc1. The maximum atomic E-state index is 12.6. The molecular formula is C20H22N2O6S. The van der Waals surface area contributed by atoms with E-state index in [1.165, 1.54) is 0 Å². The molecule has 4 rings (SSSR count). The Morgan fingerprint density at radius 3 is 2.41 bits per heavy atom. The summed E-state index contributed by atoms with van der Waals surface area (Å²) >= 11 is 0. The maximum absolute atomic E-state index is 12.6. The van der Waals surface area contributed by atoms with E-state index in [2.05, 4.69) is 10.0 Å². The van der Waals surface area contributed by atoms with Gasteiger partial charge >= 0.3 is 6.09 Å². The van der Waals surface area contributed by atoms with Gasteiger partial charge in [-0.05, 0) is 31.2 Å². The first-order valence-electron chi connectivity index (χ1n) is 9.27. The first kappa shape index (κ1) is 19.8. The van der Waals surface area contributed by atoms with Gasteiger partial charge in [0.2, 0.25) is 10.0 Å². The fraction of sp³-hybridized carbons (Fsp3) is 0.350. The summed E-state index contributed by atoms with van der Waals surface area (Å²) in [5.74, 6) is 0. The largest absolute Gasteiger partial charge is 0.441 e. The van der Waals surface area contributed by atoms with Crippen molar-refractivity contribution >= 4 is 21.8 Å². The van der Waals surface area contributed by atoms with E-state index in [4.69, 9.17) is 14.2 Å². The van der Waals surface area contributed by atoms with Gasteiger partial charge in [-0.15, -0.1) is 0 Å². The standard InChI is InChI=1S/C20H22N2O6S/c1-13-7-9-15(10-8-13)29(24,25)22-16-11-26-19-17(12-27-18(16)19)28-20(23)21-14-5-3-2-4-6-14/h2-10,16-19,22H,11-12H2,1H3,(H,21,23). The molecule has 0 radical (unpaired) electrons. The second-order valence-corrected chi connectivity index (χ2v) is 8.79. The van der Waals surface area contributed by atoms with Crippen molar-refractivity contribution in [1.82, 2.24) is 4.72 Å². The van der Waals surface area contributed by atoms with Gasteiger partial charge in [-0.3, -0.25) is 5.32 Å². The molecule has 0 bridgehead atoms. The first-order valence-corrected chi connectivity index (χ1v) is 10.8. The Bertz CT molecular complexity index is 964.